The number of sulfone groups is 1. The molecule has 4 heteroatoms. The summed E-state index contributed by atoms with van der Waals surface area (Å²) in [5.74, 6) is 0. The summed E-state index contributed by atoms with van der Waals surface area (Å²) in [5, 5.41) is 2.99. The SMILES string of the molecule is CCCNC1c2cc(C)cc(C)c2S(=O)(=O)C1C. The third-order valence-electron chi connectivity index (χ3n) is 3.64. The first kappa shape index (κ1) is 13.6. The Bertz CT molecular complexity index is 563. The molecule has 0 bridgehead atoms. The normalized spacial score (nSPS) is 25.1. The van der Waals surface area contributed by atoms with Crippen molar-refractivity contribution in [2.24, 2.45) is 0 Å². The zero-order chi connectivity index (χ0) is 13.5. The maximum absolute atomic E-state index is 12.4. The van der Waals surface area contributed by atoms with E-state index in [0.29, 0.717) is 4.90 Å². The van der Waals surface area contributed by atoms with Gasteiger partial charge in [-0.25, -0.2) is 8.42 Å². The molecule has 1 heterocycles. The number of hydrogen-bond donors (Lipinski definition) is 1. The maximum atomic E-state index is 12.4. The third-order valence-corrected chi connectivity index (χ3v) is 6.02. The number of rotatable bonds is 3. The molecule has 0 aromatic heterocycles. The highest BCUT2D eigenvalue weighted by Gasteiger charge is 2.42. The van der Waals surface area contributed by atoms with E-state index in [4.69, 9.17) is 0 Å². The van der Waals surface area contributed by atoms with Gasteiger partial charge in [0.2, 0.25) is 0 Å². The summed E-state index contributed by atoms with van der Waals surface area (Å²) >= 11 is 0. The van der Waals surface area contributed by atoms with Crippen molar-refractivity contribution in [1.82, 2.24) is 5.32 Å². The van der Waals surface area contributed by atoms with Crippen molar-refractivity contribution in [2.45, 2.75) is 50.3 Å². The van der Waals surface area contributed by atoms with Crippen molar-refractivity contribution >= 4 is 9.84 Å². The molecule has 0 radical (unpaired) electrons. The van der Waals surface area contributed by atoms with Gasteiger partial charge in [-0.15, -0.1) is 0 Å². The van der Waals surface area contributed by atoms with E-state index in [0.717, 1.165) is 29.7 Å². The van der Waals surface area contributed by atoms with Crippen molar-refractivity contribution in [1.29, 1.82) is 0 Å². The van der Waals surface area contributed by atoms with Crippen molar-refractivity contribution < 1.29 is 8.42 Å². The summed E-state index contributed by atoms with van der Waals surface area (Å²) in [6, 6.07) is 3.89. The van der Waals surface area contributed by atoms with Crippen LogP contribution in [-0.2, 0) is 9.84 Å². The predicted molar refractivity (Wildman–Crippen MR) is 73.6 cm³/mol. The molecule has 3 nitrogen and oxygen atoms in total. The number of aryl methyl sites for hydroxylation is 2. The molecule has 100 valence electrons. The molecule has 0 aliphatic carbocycles. The summed E-state index contributed by atoms with van der Waals surface area (Å²) in [6.07, 6.45) is 1.00. The summed E-state index contributed by atoms with van der Waals surface area (Å²) in [5.41, 5.74) is 2.95. The first-order chi connectivity index (χ1) is 8.39. The van der Waals surface area contributed by atoms with Crippen LogP contribution in [0.15, 0.2) is 17.0 Å². The second-order valence-corrected chi connectivity index (χ2v) is 7.42. The molecule has 1 aromatic carbocycles. The fourth-order valence-electron chi connectivity index (χ4n) is 2.80. The van der Waals surface area contributed by atoms with E-state index < -0.39 is 9.84 Å². The van der Waals surface area contributed by atoms with Gasteiger partial charge in [0, 0.05) is 0 Å². The fraction of sp³-hybridized carbons (Fsp3) is 0.571. The van der Waals surface area contributed by atoms with Crippen molar-refractivity contribution in [3.63, 3.8) is 0 Å². The number of hydrogen-bond acceptors (Lipinski definition) is 3. The van der Waals surface area contributed by atoms with Crippen LogP contribution in [0.3, 0.4) is 0 Å². The van der Waals surface area contributed by atoms with Crippen LogP contribution in [0.25, 0.3) is 0 Å². The Labute approximate surface area is 110 Å². The zero-order valence-electron chi connectivity index (χ0n) is 11.4. The number of nitrogens with one attached hydrogen (secondary N) is 1. The molecular weight excluding hydrogens is 246 g/mol. The first-order valence-corrected chi connectivity index (χ1v) is 8.02. The molecule has 1 aliphatic rings. The summed E-state index contributed by atoms with van der Waals surface area (Å²) in [6.45, 7) is 8.63. The highest BCUT2D eigenvalue weighted by molar-refractivity contribution is 7.92. The highest BCUT2D eigenvalue weighted by Crippen LogP contribution is 2.41. The minimum absolute atomic E-state index is 0.0662. The summed E-state index contributed by atoms with van der Waals surface area (Å²) in [7, 11) is -3.17. The Hall–Kier alpha value is -0.870. The van der Waals surface area contributed by atoms with Gasteiger partial charge < -0.3 is 5.32 Å². The molecule has 0 fully saturated rings. The lowest BCUT2D eigenvalue weighted by Crippen LogP contribution is -2.30. The molecule has 2 rings (SSSR count). The Morgan fingerprint density at radius 3 is 2.56 bits per heavy atom. The highest BCUT2D eigenvalue weighted by atomic mass is 32.2. The van der Waals surface area contributed by atoms with Gasteiger partial charge in [0.05, 0.1) is 16.2 Å². The molecule has 0 amide bonds. The average Bonchev–Trinajstić information content (AvgIpc) is 2.45. The molecule has 0 saturated heterocycles. The van der Waals surface area contributed by atoms with Crippen LogP contribution < -0.4 is 5.32 Å². The van der Waals surface area contributed by atoms with E-state index in [9.17, 15) is 8.42 Å². The van der Waals surface area contributed by atoms with Gasteiger partial charge in [0.15, 0.2) is 9.84 Å². The van der Waals surface area contributed by atoms with Crippen LogP contribution in [0.2, 0.25) is 0 Å². The van der Waals surface area contributed by atoms with Crippen LogP contribution in [0.1, 0.15) is 43.0 Å². The van der Waals surface area contributed by atoms with E-state index in [1.807, 2.05) is 26.0 Å². The quantitative estimate of drug-likeness (QED) is 0.915. The van der Waals surface area contributed by atoms with E-state index >= 15 is 0 Å². The van der Waals surface area contributed by atoms with Gasteiger partial charge in [-0.3, -0.25) is 0 Å². The molecule has 2 atom stereocenters. The molecule has 1 aromatic rings. The fourth-order valence-corrected chi connectivity index (χ4v) is 4.80. The van der Waals surface area contributed by atoms with Crippen LogP contribution in [0.5, 0.6) is 0 Å². The van der Waals surface area contributed by atoms with Crippen LogP contribution in [0, 0.1) is 13.8 Å². The molecule has 1 aliphatic heterocycles. The van der Waals surface area contributed by atoms with Crippen molar-refractivity contribution in [3.8, 4) is 0 Å². The average molecular weight is 267 g/mol. The first-order valence-electron chi connectivity index (χ1n) is 6.48. The third kappa shape index (κ3) is 1.97. The lowest BCUT2D eigenvalue weighted by molar-refractivity contribution is 0.514. The number of fused-ring (bicyclic) bond motifs is 1. The van der Waals surface area contributed by atoms with Gasteiger partial charge in [0.1, 0.15) is 0 Å². The lowest BCUT2D eigenvalue weighted by Gasteiger charge is -2.17. The monoisotopic (exact) mass is 267 g/mol. The smallest absolute Gasteiger partial charge is 0.183 e. The Balaban J connectivity index is 2.58. The lowest BCUT2D eigenvalue weighted by atomic mass is 9.99. The van der Waals surface area contributed by atoms with Crippen molar-refractivity contribution in [3.05, 3.63) is 28.8 Å². The molecule has 0 saturated carbocycles. The van der Waals surface area contributed by atoms with E-state index in [2.05, 4.69) is 12.2 Å². The molecular formula is C14H21NO2S. The number of benzene rings is 1. The topological polar surface area (TPSA) is 46.2 Å². The van der Waals surface area contributed by atoms with Crippen LogP contribution in [0.4, 0.5) is 0 Å². The van der Waals surface area contributed by atoms with Gasteiger partial charge >= 0.3 is 0 Å². The Morgan fingerprint density at radius 1 is 1.28 bits per heavy atom. The largest absolute Gasteiger partial charge is 0.309 e. The van der Waals surface area contributed by atoms with Gasteiger partial charge in [0.25, 0.3) is 0 Å². The van der Waals surface area contributed by atoms with Crippen LogP contribution >= 0.6 is 0 Å². The Kier molecular flexibility index (Phi) is 3.52. The van der Waals surface area contributed by atoms with Gasteiger partial charge in [-0.05, 0) is 44.9 Å². The van der Waals surface area contributed by atoms with E-state index in [1.165, 1.54) is 0 Å². The second kappa shape index (κ2) is 4.67. The minimum Gasteiger partial charge on any atom is -0.309 e. The maximum Gasteiger partial charge on any atom is 0.183 e. The molecule has 0 spiro atoms. The molecule has 18 heavy (non-hydrogen) atoms. The second-order valence-electron chi connectivity index (χ2n) is 5.18. The Morgan fingerprint density at radius 2 is 1.94 bits per heavy atom. The van der Waals surface area contributed by atoms with E-state index in [-0.39, 0.29) is 11.3 Å². The molecule has 2 unspecified atom stereocenters. The van der Waals surface area contributed by atoms with E-state index in [1.54, 1.807) is 6.92 Å². The van der Waals surface area contributed by atoms with Gasteiger partial charge in [-0.1, -0.05) is 24.6 Å². The van der Waals surface area contributed by atoms with Crippen LogP contribution in [-0.4, -0.2) is 20.2 Å². The molecule has 1 N–H and O–H groups in total. The zero-order valence-corrected chi connectivity index (χ0v) is 12.3. The summed E-state index contributed by atoms with van der Waals surface area (Å²) < 4.78 is 24.9. The van der Waals surface area contributed by atoms with Gasteiger partial charge in [-0.2, -0.15) is 0 Å². The predicted octanol–water partition coefficient (Wildman–Crippen LogP) is 2.52. The standard InChI is InChI=1S/C14H21NO2S/c1-5-6-15-13-11(4)18(16,17)14-10(3)7-9(2)8-12(13)14/h7-8,11,13,15H,5-6H2,1-4H3. The van der Waals surface area contributed by atoms with Crippen molar-refractivity contribution in [2.75, 3.05) is 6.54 Å². The summed E-state index contributed by atoms with van der Waals surface area (Å²) in [4.78, 5) is 0.550. The minimum atomic E-state index is -3.17.